The maximum absolute atomic E-state index is 13.2. The first-order valence-corrected chi connectivity index (χ1v) is 9.92. The van der Waals surface area contributed by atoms with Crippen LogP contribution < -0.4 is 5.32 Å². The van der Waals surface area contributed by atoms with E-state index in [1.807, 2.05) is 19.1 Å². The highest BCUT2D eigenvalue weighted by Crippen LogP contribution is 2.59. The molecule has 1 aliphatic rings. The Balaban J connectivity index is 1.67. The first kappa shape index (κ1) is 18.5. The fourth-order valence-corrected chi connectivity index (χ4v) is 4.26. The van der Waals surface area contributed by atoms with Crippen molar-refractivity contribution < 1.29 is 4.79 Å². The first-order valence-electron chi connectivity index (χ1n) is 9.92. The van der Waals surface area contributed by atoms with E-state index in [9.17, 15) is 4.79 Å². The third kappa shape index (κ3) is 3.24. The summed E-state index contributed by atoms with van der Waals surface area (Å²) < 4.78 is 0. The maximum Gasteiger partial charge on any atom is 0.228 e. The maximum atomic E-state index is 13.2. The molecule has 1 atom stereocenters. The van der Waals surface area contributed by atoms with E-state index in [0.29, 0.717) is 0 Å². The summed E-state index contributed by atoms with van der Waals surface area (Å²) in [5.74, 6) is 0.0479. The van der Waals surface area contributed by atoms with E-state index >= 15 is 0 Å². The highest BCUT2D eigenvalue weighted by molar-refractivity contribution is 5.97. The minimum absolute atomic E-state index is 0.0568. The average molecular weight is 370 g/mol. The predicted molar refractivity (Wildman–Crippen MR) is 116 cm³/mol. The number of anilines is 1. The molecule has 2 heteroatoms. The fourth-order valence-electron chi connectivity index (χ4n) is 4.26. The number of carbonyl (C=O) groups excluding carboxylic acids is 1. The smallest absolute Gasteiger partial charge is 0.228 e. The van der Waals surface area contributed by atoms with E-state index in [-0.39, 0.29) is 17.2 Å². The number of rotatable bonds is 4. The van der Waals surface area contributed by atoms with Crippen LogP contribution in [0.3, 0.4) is 0 Å². The largest absolute Gasteiger partial charge is 0.326 e. The molecule has 1 aliphatic carbocycles. The van der Waals surface area contributed by atoms with Gasteiger partial charge in [0.2, 0.25) is 5.91 Å². The molecule has 0 aromatic heterocycles. The fraction of sp³-hybridized carbons (Fsp3) is 0.269. The lowest BCUT2D eigenvalue weighted by molar-refractivity contribution is -0.117. The van der Waals surface area contributed by atoms with Crippen LogP contribution in [0.2, 0.25) is 0 Å². The molecule has 0 unspecified atom stereocenters. The van der Waals surface area contributed by atoms with E-state index in [1.165, 1.54) is 27.8 Å². The first-order chi connectivity index (χ1) is 13.4. The molecule has 4 rings (SSSR count). The third-order valence-corrected chi connectivity index (χ3v) is 6.05. The van der Waals surface area contributed by atoms with Gasteiger partial charge in [-0.15, -0.1) is 0 Å². The van der Waals surface area contributed by atoms with Crippen molar-refractivity contribution in [2.75, 3.05) is 5.32 Å². The average Bonchev–Trinajstić information content (AvgIpc) is 3.42. The zero-order valence-corrected chi connectivity index (χ0v) is 17.0. The standard InChI is InChI=1S/C26H27NO/c1-17-5-10-21(11-6-17)26(22-12-7-18(2)8-13-22)16-23(26)25(28)27-24-14-9-19(3)15-20(24)4/h5-15,23H,16H2,1-4H3,(H,27,28)/t23-/m0/s1. The predicted octanol–water partition coefficient (Wildman–Crippen LogP) is 5.86. The van der Waals surface area contributed by atoms with Crippen molar-refractivity contribution in [3.05, 3.63) is 100 Å². The summed E-state index contributed by atoms with van der Waals surface area (Å²) in [5, 5.41) is 3.18. The molecule has 0 saturated heterocycles. The van der Waals surface area contributed by atoms with Gasteiger partial charge in [0.05, 0.1) is 5.92 Å². The van der Waals surface area contributed by atoms with E-state index < -0.39 is 0 Å². The lowest BCUT2D eigenvalue weighted by Crippen LogP contribution is -2.22. The van der Waals surface area contributed by atoms with Crippen LogP contribution in [0.15, 0.2) is 66.7 Å². The number of amides is 1. The van der Waals surface area contributed by atoms with Crippen molar-refractivity contribution in [2.45, 2.75) is 39.5 Å². The summed E-state index contributed by atoms with van der Waals surface area (Å²) in [4.78, 5) is 13.2. The van der Waals surface area contributed by atoms with Gasteiger partial charge in [0, 0.05) is 11.1 Å². The summed E-state index contributed by atoms with van der Waals surface area (Å²) in [6, 6.07) is 23.4. The number of aryl methyl sites for hydroxylation is 4. The number of benzene rings is 3. The number of carbonyl (C=O) groups is 1. The molecule has 0 heterocycles. The molecule has 1 N–H and O–H groups in total. The van der Waals surface area contributed by atoms with Crippen LogP contribution in [0.1, 0.15) is 39.8 Å². The Labute approximate surface area is 167 Å². The second-order valence-corrected chi connectivity index (χ2v) is 8.27. The number of hydrogen-bond acceptors (Lipinski definition) is 1. The molecule has 0 bridgehead atoms. The number of hydrogen-bond donors (Lipinski definition) is 1. The Kier molecular flexibility index (Phi) is 4.58. The van der Waals surface area contributed by atoms with Crippen LogP contribution in [0.5, 0.6) is 0 Å². The molecule has 142 valence electrons. The molecule has 28 heavy (non-hydrogen) atoms. The molecule has 2 nitrogen and oxygen atoms in total. The van der Waals surface area contributed by atoms with Crippen molar-refractivity contribution in [1.29, 1.82) is 0 Å². The van der Waals surface area contributed by atoms with Crippen LogP contribution in [0, 0.1) is 33.6 Å². The molecule has 0 radical (unpaired) electrons. The third-order valence-electron chi connectivity index (χ3n) is 6.05. The highest BCUT2D eigenvalue weighted by Gasteiger charge is 2.60. The van der Waals surface area contributed by atoms with Gasteiger partial charge in [0.1, 0.15) is 0 Å². The summed E-state index contributed by atoms with van der Waals surface area (Å²) in [7, 11) is 0. The van der Waals surface area contributed by atoms with Gasteiger partial charge in [0.15, 0.2) is 0 Å². The van der Waals surface area contributed by atoms with Gasteiger partial charge in [-0.1, -0.05) is 77.4 Å². The van der Waals surface area contributed by atoms with Gasteiger partial charge in [-0.05, 0) is 56.9 Å². The zero-order valence-electron chi connectivity index (χ0n) is 17.0. The molecular formula is C26H27NO. The van der Waals surface area contributed by atoms with Gasteiger partial charge in [-0.3, -0.25) is 4.79 Å². The van der Waals surface area contributed by atoms with Crippen molar-refractivity contribution in [3.8, 4) is 0 Å². The Morgan fingerprint density at radius 1 is 0.786 bits per heavy atom. The second-order valence-electron chi connectivity index (χ2n) is 8.27. The molecule has 3 aromatic rings. The summed E-state index contributed by atoms with van der Waals surface area (Å²) in [5.41, 5.74) is 7.90. The van der Waals surface area contributed by atoms with Crippen molar-refractivity contribution in [2.24, 2.45) is 5.92 Å². The van der Waals surface area contributed by atoms with Crippen LogP contribution in [0.25, 0.3) is 0 Å². The van der Waals surface area contributed by atoms with Gasteiger partial charge in [-0.25, -0.2) is 0 Å². The second kappa shape index (κ2) is 6.94. The summed E-state index contributed by atoms with van der Waals surface area (Å²) >= 11 is 0. The minimum atomic E-state index is -0.232. The quantitative estimate of drug-likeness (QED) is 0.613. The highest BCUT2D eigenvalue weighted by atomic mass is 16.2. The van der Waals surface area contributed by atoms with Gasteiger partial charge in [0.25, 0.3) is 0 Å². The molecule has 0 spiro atoms. The molecule has 3 aromatic carbocycles. The van der Waals surface area contributed by atoms with Gasteiger partial charge in [-0.2, -0.15) is 0 Å². The van der Waals surface area contributed by atoms with Crippen LogP contribution in [0.4, 0.5) is 5.69 Å². The van der Waals surface area contributed by atoms with Crippen LogP contribution in [-0.2, 0) is 10.2 Å². The molecule has 0 aliphatic heterocycles. The van der Waals surface area contributed by atoms with E-state index in [4.69, 9.17) is 0 Å². The van der Waals surface area contributed by atoms with E-state index in [2.05, 4.69) is 80.7 Å². The molecular weight excluding hydrogens is 342 g/mol. The lowest BCUT2D eigenvalue weighted by atomic mass is 9.85. The topological polar surface area (TPSA) is 29.1 Å². The SMILES string of the molecule is Cc1ccc(C2(c3ccc(C)cc3)C[C@H]2C(=O)Nc2ccc(C)cc2C)cc1. The monoisotopic (exact) mass is 369 g/mol. The van der Waals surface area contributed by atoms with Gasteiger partial charge < -0.3 is 5.32 Å². The number of nitrogens with one attached hydrogen (secondary N) is 1. The van der Waals surface area contributed by atoms with E-state index in [0.717, 1.165) is 17.7 Å². The minimum Gasteiger partial charge on any atom is -0.326 e. The Morgan fingerprint density at radius 2 is 1.29 bits per heavy atom. The molecule has 1 saturated carbocycles. The van der Waals surface area contributed by atoms with Gasteiger partial charge >= 0.3 is 0 Å². The summed E-state index contributed by atoms with van der Waals surface area (Å²) in [6.07, 6.45) is 0.843. The Hall–Kier alpha value is -2.87. The lowest BCUT2D eigenvalue weighted by Gasteiger charge is -2.20. The molecule has 1 amide bonds. The van der Waals surface area contributed by atoms with Crippen molar-refractivity contribution >= 4 is 11.6 Å². The van der Waals surface area contributed by atoms with E-state index in [1.54, 1.807) is 0 Å². The van der Waals surface area contributed by atoms with Crippen LogP contribution >= 0.6 is 0 Å². The van der Waals surface area contributed by atoms with Crippen molar-refractivity contribution in [1.82, 2.24) is 0 Å². The Morgan fingerprint density at radius 3 is 1.79 bits per heavy atom. The normalized spacial score (nSPS) is 17.2. The van der Waals surface area contributed by atoms with Crippen LogP contribution in [-0.4, -0.2) is 5.91 Å². The Bertz CT molecular complexity index is 970. The zero-order chi connectivity index (χ0) is 19.9. The molecule has 1 fully saturated rings. The summed E-state index contributed by atoms with van der Waals surface area (Å²) in [6.45, 7) is 8.31. The van der Waals surface area contributed by atoms with Crippen molar-refractivity contribution in [3.63, 3.8) is 0 Å².